The van der Waals surface area contributed by atoms with E-state index in [0.29, 0.717) is 31.6 Å². The molecule has 0 spiro atoms. The van der Waals surface area contributed by atoms with Gasteiger partial charge in [0.05, 0.1) is 26.3 Å². The van der Waals surface area contributed by atoms with Crippen molar-refractivity contribution < 1.29 is 14.3 Å². The molecule has 0 atom stereocenters. The molecule has 1 aliphatic heterocycles. The number of guanidine groups is 1. The standard InChI is InChI=1S/C22H34N4O3/c1-26(2)20(27)16-25-22(23-14-17-8-4-3-5-9-17)24-15-18-10-6-11-19-21(18)29-13-7-12-28-19/h6,10-11,17H,3-5,7-9,12-16H2,1-2H3,(H2,23,24,25). The topological polar surface area (TPSA) is 75.2 Å². The normalized spacial score (nSPS) is 17.4. The lowest BCUT2D eigenvalue weighted by atomic mass is 9.89. The van der Waals surface area contributed by atoms with Crippen molar-refractivity contribution in [1.29, 1.82) is 0 Å². The Labute approximate surface area is 173 Å². The molecule has 0 radical (unpaired) electrons. The highest BCUT2D eigenvalue weighted by Crippen LogP contribution is 2.33. The van der Waals surface area contributed by atoms with Gasteiger partial charge in [-0.3, -0.25) is 4.79 Å². The number of aliphatic imine (C=N–C) groups is 1. The molecular weight excluding hydrogens is 368 g/mol. The van der Waals surface area contributed by atoms with Crippen LogP contribution in [0.2, 0.25) is 0 Å². The van der Waals surface area contributed by atoms with Crippen LogP contribution in [0.4, 0.5) is 0 Å². The molecule has 3 rings (SSSR count). The minimum absolute atomic E-state index is 0.0162. The van der Waals surface area contributed by atoms with Crippen molar-refractivity contribution in [3.63, 3.8) is 0 Å². The van der Waals surface area contributed by atoms with Gasteiger partial charge in [-0.05, 0) is 24.8 Å². The average Bonchev–Trinajstić information content (AvgIpc) is 2.99. The number of benzene rings is 1. The van der Waals surface area contributed by atoms with E-state index in [9.17, 15) is 4.79 Å². The lowest BCUT2D eigenvalue weighted by molar-refractivity contribution is -0.127. The summed E-state index contributed by atoms with van der Waals surface area (Å²) in [6.45, 7) is 2.88. The number of fused-ring (bicyclic) bond motifs is 1. The van der Waals surface area contributed by atoms with Gasteiger partial charge in [-0.2, -0.15) is 0 Å². The van der Waals surface area contributed by atoms with Crippen LogP contribution >= 0.6 is 0 Å². The van der Waals surface area contributed by atoms with Gasteiger partial charge in [0.1, 0.15) is 0 Å². The zero-order chi connectivity index (χ0) is 20.5. The van der Waals surface area contributed by atoms with Crippen molar-refractivity contribution in [3.05, 3.63) is 23.8 Å². The van der Waals surface area contributed by atoms with Crippen molar-refractivity contribution in [2.45, 2.75) is 45.1 Å². The van der Waals surface area contributed by atoms with Gasteiger partial charge in [0.25, 0.3) is 0 Å². The molecular formula is C22H34N4O3. The monoisotopic (exact) mass is 402 g/mol. The second-order valence-corrected chi connectivity index (χ2v) is 7.99. The third-order valence-electron chi connectivity index (χ3n) is 5.45. The van der Waals surface area contributed by atoms with Crippen molar-refractivity contribution in [2.24, 2.45) is 10.9 Å². The number of carbonyl (C=O) groups is 1. The van der Waals surface area contributed by atoms with Crippen LogP contribution in [0, 0.1) is 5.92 Å². The molecule has 1 aromatic carbocycles. The number of carbonyl (C=O) groups excluding carboxylic acids is 1. The number of ether oxygens (including phenoxy) is 2. The summed E-state index contributed by atoms with van der Waals surface area (Å²) in [6.07, 6.45) is 7.34. The van der Waals surface area contributed by atoms with Gasteiger partial charge in [-0.25, -0.2) is 4.99 Å². The molecule has 7 heteroatoms. The van der Waals surface area contributed by atoms with Gasteiger partial charge >= 0.3 is 0 Å². The van der Waals surface area contributed by atoms with Crippen molar-refractivity contribution in [3.8, 4) is 11.5 Å². The van der Waals surface area contributed by atoms with Crippen LogP contribution in [-0.2, 0) is 11.3 Å². The number of amides is 1. The first-order valence-corrected chi connectivity index (χ1v) is 10.7. The minimum atomic E-state index is 0.0162. The van der Waals surface area contributed by atoms with Crippen LogP contribution in [0.25, 0.3) is 0 Å². The van der Waals surface area contributed by atoms with Crippen molar-refractivity contribution in [1.82, 2.24) is 15.5 Å². The third-order valence-corrected chi connectivity index (χ3v) is 5.45. The van der Waals surface area contributed by atoms with Gasteiger partial charge < -0.3 is 25.0 Å². The summed E-state index contributed by atoms with van der Waals surface area (Å²) in [5.41, 5.74) is 0.988. The van der Waals surface area contributed by atoms with E-state index in [-0.39, 0.29) is 12.5 Å². The molecule has 29 heavy (non-hydrogen) atoms. The Hall–Kier alpha value is -2.44. The minimum Gasteiger partial charge on any atom is -0.490 e. The molecule has 1 aliphatic carbocycles. The maximum absolute atomic E-state index is 12.0. The van der Waals surface area contributed by atoms with E-state index in [1.807, 2.05) is 18.2 Å². The fourth-order valence-electron chi connectivity index (χ4n) is 3.67. The van der Waals surface area contributed by atoms with E-state index in [4.69, 9.17) is 14.5 Å². The van der Waals surface area contributed by atoms with Gasteiger partial charge in [0.15, 0.2) is 17.5 Å². The van der Waals surface area contributed by atoms with Gasteiger partial charge in [0, 0.05) is 32.6 Å². The van der Waals surface area contributed by atoms with Gasteiger partial charge in [-0.1, -0.05) is 31.4 Å². The van der Waals surface area contributed by atoms with Crippen molar-refractivity contribution >= 4 is 11.9 Å². The predicted molar refractivity (Wildman–Crippen MR) is 114 cm³/mol. The molecule has 0 saturated heterocycles. The Balaban J connectivity index is 1.67. The number of para-hydroxylation sites is 1. The molecule has 160 valence electrons. The second kappa shape index (κ2) is 10.9. The molecule has 2 aliphatic rings. The average molecular weight is 403 g/mol. The summed E-state index contributed by atoms with van der Waals surface area (Å²) in [6, 6.07) is 5.92. The summed E-state index contributed by atoms with van der Waals surface area (Å²) >= 11 is 0. The van der Waals surface area contributed by atoms with Crippen LogP contribution in [0.15, 0.2) is 23.2 Å². The zero-order valence-electron chi connectivity index (χ0n) is 17.7. The Morgan fingerprint density at radius 1 is 1.10 bits per heavy atom. The van der Waals surface area contributed by atoms with Crippen LogP contribution in [0.1, 0.15) is 44.1 Å². The quantitative estimate of drug-likeness (QED) is 0.565. The van der Waals surface area contributed by atoms with Crippen LogP contribution in [-0.4, -0.2) is 57.2 Å². The molecule has 2 N–H and O–H groups in total. The predicted octanol–water partition coefficient (Wildman–Crippen LogP) is 2.55. The summed E-state index contributed by atoms with van der Waals surface area (Å²) in [5.74, 6) is 2.91. The molecule has 1 fully saturated rings. The van der Waals surface area contributed by atoms with Crippen LogP contribution < -0.4 is 20.1 Å². The summed E-state index contributed by atoms with van der Waals surface area (Å²) in [5, 5.41) is 6.62. The fraction of sp³-hybridized carbons (Fsp3) is 0.636. The number of hydrogen-bond acceptors (Lipinski definition) is 4. The Kier molecular flexibility index (Phi) is 8.02. The van der Waals surface area contributed by atoms with Crippen LogP contribution in [0.3, 0.4) is 0 Å². The Morgan fingerprint density at radius 3 is 2.69 bits per heavy atom. The van der Waals surface area contributed by atoms with Crippen LogP contribution in [0.5, 0.6) is 11.5 Å². The van der Waals surface area contributed by atoms with Crippen molar-refractivity contribution in [2.75, 3.05) is 40.4 Å². The second-order valence-electron chi connectivity index (χ2n) is 7.99. The fourth-order valence-corrected chi connectivity index (χ4v) is 3.67. The molecule has 1 heterocycles. The highest BCUT2D eigenvalue weighted by molar-refractivity contribution is 5.86. The first-order valence-electron chi connectivity index (χ1n) is 10.7. The Bertz CT molecular complexity index is 699. The Morgan fingerprint density at radius 2 is 1.90 bits per heavy atom. The molecule has 7 nitrogen and oxygen atoms in total. The van der Waals surface area contributed by atoms with E-state index in [1.54, 1.807) is 19.0 Å². The lowest BCUT2D eigenvalue weighted by Gasteiger charge is -2.23. The first-order chi connectivity index (χ1) is 14.1. The molecule has 1 aromatic rings. The number of rotatable bonds is 6. The smallest absolute Gasteiger partial charge is 0.241 e. The van der Waals surface area contributed by atoms with E-state index in [0.717, 1.165) is 30.0 Å². The molecule has 0 aromatic heterocycles. The van der Waals surface area contributed by atoms with Gasteiger partial charge in [-0.15, -0.1) is 0 Å². The molecule has 0 bridgehead atoms. The van der Waals surface area contributed by atoms with E-state index >= 15 is 0 Å². The summed E-state index contributed by atoms with van der Waals surface area (Å²) in [4.78, 5) is 18.3. The molecule has 0 unspecified atom stereocenters. The van der Waals surface area contributed by atoms with E-state index < -0.39 is 0 Å². The SMILES string of the molecule is CN(C)C(=O)CNC(=NCc1cccc2c1OCCCO2)NCC1CCCCC1. The molecule has 1 saturated carbocycles. The maximum atomic E-state index is 12.0. The van der Waals surface area contributed by atoms with E-state index in [1.165, 1.54) is 32.1 Å². The van der Waals surface area contributed by atoms with E-state index in [2.05, 4.69) is 10.6 Å². The summed E-state index contributed by atoms with van der Waals surface area (Å²) < 4.78 is 11.7. The zero-order valence-corrected chi connectivity index (χ0v) is 17.7. The number of nitrogens with zero attached hydrogens (tertiary/aromatic N) is 2. The number of hydrogen-bond donors (Lipinski definition) is 2. The van der Waals surface area contributed by atoms with Gasteiger partial charge in [0.2, 0.25) is 5.91 Å². The maximum Gasteiger partial charge on any atom is 0.241 e. The first kappa shape index (κ1) is 21.3. The number of likely N-dealkylation sites (N-methyl/N-ethyl adjacent to an activating group) is 1. The highest BCUT2D eigenvalue weighted by atomic mass is 16.5. The lowest BCUT2D eigenvalue weighted by Crippen LogP contribution is -2.44. The highest BCUT2D eigenvalue weighted by Gasteiger charge is 2.16. The number of nitrogens with one attached hydrogen (secondary N) is 2. The largest absolute Gasteiger partial charge is 0.490 e. The summed E-state index contributed by atoms with van der Waals surface area (Å²) in [7, 11) is 3.51. The molecule has 1 amide bonds. The third kappa shape index (κ3) is 6.54.